The van der Waals surface area contributed by atoms with E-state index in [0.29, 0.717) is 11.6 Å². The lowest BCUT2D eigenvalue weighted by atomic mass is 10.0. The van der Waals surface area contributed by atoms with Gasteiger partial charge in [0, 0.05) is 53.2 Å². The van der Waals surface area contributed by atoms with E-state index in [0.717, 1.165) is 69.5 Å². The minimum atomic E-state index is 0.469. The van der Waals surface area contributed by atoms with E-state index in [-0.39, 0.29) is 0 Å². The molecule has 2 aromatic carbocycles. The zero-order valence-corrected chi connectivity index (χ0v) is 20.9. The van der Waals surface area contributed by atoms with Crippen molar-refractivity contribution in [1.29, 1.82) is 5.26 Å². The quantitative estimate of drug-likeness (QED) is 0.261. The Morgan fingerprint density at radius 1 is 1.03 bits per heavy atom. The number of pyridine rings is 2. The maximum atomic E-state index is 9.64. The van der Waals surface area contributed by atoms with Gasteiger partial charge < -0.3 is 15.2 Å². The van der Waals surface area contributed by atoms with E-state index in [1.165, 1.54) is 0 Å². The molecule has 3 aromatic heterocycles. The monoisotopic (exact) mass is 474 g/mol. The van der Waals surface area contributed by atoms with Crippen LogP contribution in [0.5, 0.6) is 0 Å². The molecule has 180 valence electrons. The molecule has 0 unspecified atom stereocenters. The summed E-state index contributed by atoms with van der Waals surface area (Å²) in [5.41, 5.74) is 7.64. The van der Waals surface area contributed by atoms with Gasteiger partial charge in [0.2, 0.25) is 0 Å². The normalized spacial score (nSPS) is 11.3. The first-order chi connectivity index (χ1) is 17.5. The van der Waals surface area contributed by atoms with E-state index in [9.17, 15) is 5.26 Å². The molecule has 0 aliphatic heterocycles. The molecule has 0 saturated carbocycles. The number of aromatic nitrogens is 3. The number of benzene rings is 2. The highest BCUT2D eigenvalue weighted by molar-refractivity contribution is 5.98. The Kier molecular flexibility index (Phi) is 6.66. The van der Waals surface area contributed by atoms with Gasteiger partial charge in [-0.15, -0.1) is 0 Å². The molecule has 2 N–H and O–H groups in total. The summed E-state index contributed by atoms with van der Waals surface area (Å²) >= 11 is 0. The van der Waals surface area contributed by atoms with Crippen LogP contribution in [0, 0.1) is 18.3 Å². The van der Waals surface area contributed by atoms with Crippen LogP contribution in [0.1, 0.15) is 31.4 Å². The molecule has 0 aliphatic carbocycles. The second kappa shape index (κ2) is 10.2. The van der Waals surface area contributed by atoms with E-state index in [1.54, 1.807) is 0 Å². The number of para-hydroxylation sites is 1. The van der Waals surface area contributed by atoms with E-state index < -0.39 is 0 Å². The van der Waals surface area contributed by atoms with Crippen LogP contribution in [-0.4, -0.2) is 33.7 Å². The van der Waals surface area contributed by atoms with Crippen molar-refractivity contribution in [2.24, 2.45) is 0 Å². The van der Waals surface area contributed by atoms with Gasteiger partial charge in [-0.1, -0.05) is 32.0 Å². The van der Waals surface area contributed by atoms with Gasteiger partial charge in [0.05, 0.1) is 16.8 Å². The number of anilines is 1. The highest BCUT2D eigenvalue weighted by atomic mass is 15.0. The average Bonchev–Trinajstić information content (AvgIpc) is 3.24. The van der Waals surface area contributed by atoms with Gasteiger partial charge in [-0.2, -0.15) is 5.26 Å². The summed E-state index contributed by atoms with van der Waals surface area (Å²) in [6.45, 7) is 8.13. The van der Waals surface area contributed by atoms with Crippen LogP contribution in [0.25, 0.3) is 38.8 Å². The fraction of sp³-hybridized carbons (Fsp3) is 0.233. The number of rotatable bonds is 8. The van der Waals surface area contributed by atoms with Crippen molar-refractivity contribution >= 4 is 27.6 Å². The summed E-state index contributed by atoms with van der Waals surface area (Å²) in [6, 6.07) is 21.1. The Hall–Kier alpha value is -4.21. The van der Waals surface area contributed by atoms with Gasteiger partial charge in [0.15, 0.2) is 0 Å². The van der Waals surface area contributed by atoms with Crippen molar-refractivity contribution in [2.45, 2.75) is 33.2 Å². The molecule has 3 heterocycles. The number of nitriles is 1. The molecule has 6 heteroatoms. The Balaban J connectivity index is 1.51. The van der Waals surface area contributed by atoms with Crippen LogP contribution < -0.4 is 10.6 Å². The first-order valence-electron chi connectivity index (χ1n) is 12.4. The van der Waals surface area contributed by atoms with Gasteiger partial charge >= 0.3 is 0 Å². The van der Waals surface area contributed by atoms with Crippen molar-refractivity contribution in [3.8, 4) is 22.9 Å². The third-order valence-corrected chi connectivity index (χ3v) is 6.40. The molecule has 5 aromatic rings. The van der Waals surface area contributed by atoms with Crippen molar-refractivity contribution in [1.82, 2.24) is 19.9 Å². The second-order valence-corrected chi connectivity index (χ2v) is 9.39. The number of aryl methyl sites for hydroxylation is 1. The highest BCUT2D eigenvalue weighted by Crippen LogP contribution is 2.34. The maximum absolute atomic E-state index is 9.64. The molecule has 0 fully saturated rings. The smallest absolute Gasteiger partial charge is 0.145 e. The molecule has 0 bridgehead atoms. The Bertz CT molecular complexity index is 1570. The van der Waals surface area contributed by atoms with E-state index >= 15 is 0 Å². The van der Waals surface area contributed by atoms with E-state index in [2.05, 4.69) is 71.4 Å². The minimum Gasteiger partial charge on any atom is -0.384 e. The molecule has 0 radical (unpaired) electrons. The summed E-state index contributed by atoms with van der Waals surface area (Å²) in [5, 5.41) is 18.7. The van der Waals surface area contributed by atoms with Crippen LogP contribution in [0.15, 0.2) is 73.2 Å². The zero-order valence-electron chi connectivity index (χ0n) is 20.9. The largest absolute Gasteiger partial charge is 0.384 e. The highest BCUT2D eigenvalue weighted by Gasteiger charge is 2.15. The molecule has 0 amide bonds. The lowest BCUT2D eigenvalue weighted by Crippen LogP contribution is -2.25. The van der Waals surface area contributed by atoms with Crippen LogP contribution >= 0.6 is 0 Å². The van der Waals surface area contributed by atoms with E-state index in [1.807, 2.05) is 48.8 Å². The fourth-order valence-electron chi connectivity index (χ4n) is 4.63. The van der Waals surface area contributed by atoms with Gasteiger partial charge in [-0.05, 0) is 67.4 Å². The fourth-order valence-corrected chi connectivity index (χ4v) is 4.63. The number of nitrogens with zero attached hydrogens (tertiary/aromatic N) is 4. The predicted octanol–water partition coefficient (Wildman–Crippen LogP) is 6.22. The lowest BCUT2D eigenvalue weighted by Gasteiger charge is -2.13. The van der Waals surface area contributed by atoms with Gasteiger partial charge in [0.25, 0.3) is 0 Å². The Morgan fingerprint density at radius 3 is 2.72 bits per heavy atom. The molecule has 0 spiro atoms. The van der Waals surface area contributed by atoms with Crippen LogP contribution in [-0.2, 0) is 0 Å². The van der Waals surface area contributed by atoms with Crippen molar-refractivity contribution < 1.29 is 0 Å². The molecule has 0 saturated heterocycles. The second-order valence-electron chi connectivity index (χ2n) is 9.39. The summed E-state index contributed by atoms with van der Waals surface area (Å²) in [5.74, 6) is 0. The lowest BCUT2D eigenvalue weighted by molar-refractivity contribution is 0.578. The average molecular weight is 475 g/mol. The van der Waals surface area contributed by atoms with E-state index in [4.69, 9.17) is 4.98 Å². The summed E-state index contributed by atoms with van der Waals surface area (Å²) in [4.78, 5) is 9.42. The van der Waals surface area contributed by atoms with Gasteiger partial charge in [-0.25, -0.2) is 4.98 Å². The standard InChI is InChI=1S/C30H30N6/c1-20(2)32-12-6-13-33-28-16-25(10-9-23(28)17-31)36-19-21(3)29-26(11-14-34-30(29)36)24-15-22-7-4-5-8-27(22)35-18-24/h4-5,7-11,14-16,18-20,32-33H,6,12-13H2,1-3H3. The van der Waals surface area contributed by atoms with Crippen LogP contribution in [0.4, 0.5) is 5.69 Å². The molecule has 0 aliphatic rings. The maximum Gasteiger partial charge on any atom is 0.145 e. The first kappa shape index (κ1) is 23.5. The SMILES string of the molecule is Cc1cn(-c2ccc(C#N)c(NCCCNC(C)C)c2)c2nccc(-c3cnc4ccccc4c3)c12. The minimum absolute atomic E-state index is 0.469. The Morgan fingerprint density at radius 2 is 1.89 bits per heavy atom. The topological polar surface area (TPSA) is 78.6 Å². The zero-order chi connectivity index (χ0) is 25.1. The molecule has 6 nitrogen and oxygen atoms in total. The van der Waals surface area contributed by atoms with Crippen LogP contribution in [0.3, 0.4) is 0 Å². The number of hydrogen-bond donors (Lipinski definition) is 2. The molecule has 36 heavy (non-hydrogen) atoms. The predicted molar refractivity (Wildman–Crippen MR) is 148 cm³/mol. The number of hydrogen-bond acceptors (Lipinski definition) is 5. The molecular formula is C30H30N6. The molecule has 5 rings (SSSR count). The third kappa shape index (κ3) is 4.66. The Labute approximate surface area is 211 Å². The van der Waals surface area contributed by atoms with Gasteiger partial charge in [0.1, 0.15) is 11.7 Å². The number of nitrogens with one attached hydrogen (secondary N) is 2. The van der Waals surface area contributed by atoms with Crippen molar-refractivity contribution in [3.05, 3.63) is 84.3 Å². The third-order valence-electron chi connectivity index (χ3n) is 6.40. The van der Waals surface area contributed by atoms with Crippen molar-refractivity contribution in [3.63, 3.8) is 0 Å². The van der Waals surface area contributed by atoms with Gasteiger partial charge in [-0.3, -0.25) is 4.98 Å². The first-order valence-corrected chi connectivity index (χ1v) is 12.4. The van der Waals surface area contributed by atoms with Crippen LogP contribution in [0.2, 0.25) is 0 Å². The summed E-state index contributed by atoms with van der Waals surface area (Å²) in [7, 11) is 0. The van der Waals surface area contributed by atoms with Crippen molar-refractivity contribution in [2.75, 3.05) is 18.4 Å². The number of fused-ring (bicyclic) bond motifs is 2. The molecule has 0 atom stereocenters. The molecular weight excluding hydrogens is 444 g/mol. The summed E-state index contributed by atoms with van der Waals surface area (Å²) in [6.07, 6.45) is 6.88. The summed E-state index contributed by atoms with van der Waals surface area (Å²) < 4.78 is 2.11.